The third-order valence-corrected chi connectivity index (χ3v) is 7.81. The molecule has 0 fully saturated rings. The van der Waals surface area contributed by atoms with Gasteiger partial charge in [-0.3, -0.25) is 4.99 Å². The Balaban J connectivity index is 1.49. The van der Waals surface area contributed by atoms with Crippen LogP contribution in [0.25, 0.3) is 36.9 Å². The molecule has 0 saturated carbocycles. The average Bonchev–Trinajstić information content (AvgIpc) is 3.32. The Morgan fingerprint density at radius 3 is 2.14 bits per heavy atom. The van der Waals surface area contributed by atoms with Gasteiger partial charge in [-0.05, 0) is 64.2 Å². The summed E-state index contributed by atoms with van der Waals surface area (Å²) in [6.45, 7) is 0. The second kappa shape index (κ2) is 9.88. The molecule has 0 aliphatic rings. The van der Waals surface area contributed by atoms with Crippen molar-refractivity contribution < 1.29 is 0 Å². The summed E-state index contributed by atoms with van der Waals surface area (Å²) in [5, 5.41) is 2.59. The molecular weight excluding hydrogens is 468 g/mol. The molecule has 0 unspecified atom stereocenters. The van der Waals surface area contributed by atoms with Gasteiger partial charge in [-0.25, -0.2) is 0 Å². The summed E-state index contributed by atoms with van der Waals surface area (Å²) in [7, 11) is 1.86. The predicted octanol–water partition coefficient (Wildman–Crippen LogP) is 8.85. The van der Waals surface area contributed by atoms with Crippen LogP contribution >= 0.6 is 11.3 Å². The number of fused-ring (bicyclic) bond motifs is 3. The number of thiophene rings is 1. The van der Waals surface area contributed by atoms with Gasteiger partial charge in [0.05, 0.1) is 5.71 Å². The molecule has 0 amide bonds. The van der Waals surface area contributed by atoms with Crippen LogP contribution in [0.5, 0.6) is 0 Å². The third kappa shape index (κ3) is 4.57. The number of hydrogen-bond acceptors (Lipinski definition) is 3. The molecule has 0 radical (unpaired) electrons. The van der Waals surface area contributed by atoms with Gasteiger partial charge in [0.25, 0.3) is 0 Å². The lowest BCUT2D eigenvalue weighted by Crippen LogP contribution is -2.00. The van der Waals surface area contributed by atoms with Crippen molar-refractivity contribution in [1.82, 2.24) is 0 Å². The van der Waals surface area contributed by atoms with Crippen LogP contribution in [0, 0.1) is 0 Å². The molecule has 1 aromatic heterocycles. The molecule has 178 valence electrons. The van der Waals surface area contributed by atoms with Crippen LogP contribution in [0.3, 0.4) is 0 Å². The van der Waals surface area contributed by atoms with Crippen LogP contribution in [0.2, 0.25) is 0 Å². The maximum atomic E-state index is 6.21. The Hall–Kier alpha value is -4.47. The van der Waals surface area contributed by atoms with Crippen molar-refractivity contribution in [3.8, 4) is 11.1 Å². The standard InChI is InChI=1S/C34H26N2S/c1-36-32(27-17-18-30-29-15-5-6-16-33(29)37-34(30)21-27)22-31(26-13-8-14-28(35)20-26)25-12-7-11-24(19-25)23-9-3-2-4-10-23/h2-22H,35H2,1H3/b31-22+,36-32?. The van der Waals surface area contributed by atoms with E-state index in [9.17, 15) is 0 Å². The average molecular weight is 495 g/mol. The molecule has 1 heterocycles. The summed E-state index contributed by atoms with van der Waals surface area (Å²) in [5.74, 6) is 0. The molecule has 0 aliphatic heterocycles. The number of allylic oxidation sites excluding steroid dienone is 1. The van der Waals surface area contributed by atoms with Gasteiger partial charge in [-0.15, -0.1) is 11.3 Å². The molecule has 37 heavy (non-hydrogen) atoms. The van der Waals surface area contributed by atoms with Crippen molar-refractivity contribution in [3.63, 3.8) is 0 Å². The minimum atomic E-state index is 0.740. The number of nitrogen functional groups attached to an aromatic ring is 1. The molecule has 5 aromatic carbocycles. The summed E-state index contributed by atoms with van der Waals surface area (Å²) in [6, 6.07) is 42.5. The van der Waals surface area contributed by atoms with Gasteiger partial charge >= 0.3 is 0 Å². The van der Waals surface area contributed by atoms with Gasteiger partial charge in [-0.1, -0.05) is 91.0 Å². The first kappa shape index (κ1) is 23.0. The maximum absolute atomic E-state index is 6.21. The first-order valence-electron chi connectivity index (χ1n) is 12.3. The lowest BCUT2D eigenvalue weighted by Gasteiger charge is -2.13. The van der Waals surface area contributed by atoms with Gasteiger partial charge in [-0.2, -0.15) is 0 Å². The molecular formula is C34H26N2S. The maximum Gasteiger partial charge on any atom is 0.0650 e. The van der Waals surface area contributed by atoms with Crippen LogP contribution in [-0.2, 0) is 0 Å². The van der Waals surface area contributed by atoms with E-state index < -0.39 is 0 Å². The van der Waals surface area contributed by atoms with Gasteiger partial charge < -0.3 is 5.73 Å². The van der Waals surface area contributed by atoms with Gasteiger partial charge in [0.2, 0.25) is 0 Å². The first-order chi connectivity index (χ1) is 18.2. The molecule has 2 nitrogen and oxygen atoms in total. The van der Waals surface area contributed by atoms with E-state index in [4.69, 9.17) is 10.7 Å². The Bertz CT molecular complexity index is 1790. The fourth-order valence-electron chi connectivity index (χ4n) is 4.84. The Morgan fingerprint density at radius 2 is 1.32 bits per heavy atom. The van der Waals surface area contributed by atoms with Gasteiger partial charge in [0, 0.05) is 38.5 Å². The highest BCUT2D eigenvalue weighted by Crippen LogP contribution is 2.35. The predicted molar refractivity (Wildman–Crippen MR) is 162 cm³/mol. The molecule has 0 spiro atoms. The van der Waals surface area contributed by atoms with Crippen LogP contribution in [0.1, 0.15) is 16.7 Å². The second-order valence-electron chi connectivity index (χ2n) is 9.05. The lowest BCUT2D eigenvalue weighted by molar-refractivity contribution is 1.43. The van der Waals surface area contributed by atoms with Crippen LogP contribution in [0.4, 0.5) is 5.69 Å². The van der Waals surface area contributed by atoms with E-state index in [1.54, 1.807) is 0 Å². The van der Waals surface area contributed by atoms with E-state index >= 15 is 0 Å². The van der Waals surface area contributed by atoms with Gasteiger partial charge in [0.1, 0.15) is 0 Å². The molecule has 0 aliphatic carbocycles. The second-order valence-corrected chi connectivity index (χ2v) is 10.1. The van der Waals surface area contributed by atoms with Crippen molar-refractivity contribution in [2.24, 2.45) is 4.99 Å². The molecule has 0 bridgehead atoms. The number of benzene rings is 5. The van der Waals surface area contributed by atoms with E-state index in [0.29, 0.717) is 0 Å². The molecule has 0 saturated heterocycles. The van der Waals surface area contributed by atoms with Crippen LogP contribution < -0.4 is 5.73 Å². The lowest BCUT2D eigenvalue weighted by atomic mass is 9.92. The number of rotatable bonds is 5. The first-order valence-corrected chi connectivity index (χ1v) is 13.1. The van der Waals surface area contributed by atoms with Crippen molar-refractivity contribution in [2.75, 3.05) is 12.8 Å². The molecule has 3 heteroatoms. The van der Waals surface area contributed by atoms with Crippen molar-refractivity contribution in [1.29, 1.82) is 0 Å². The number of aliphatic imine (C=N–C) groups is 1. The highest BCUT2D eigenvalue weighted by Gasteiger charge is 2.12. The largest absolute Gasteiger partial charge is 0.399 e. The molecule has 0 atom stereocenters. The summed E-state index contributed by atoms with van der Waals surface area (Å²) in [6.07, 6.45) is 2.19. The van der Waals surface area contributed by atoms with Gasteiger partial charge in [0.15, 0.2) is 0 Å². The van der Waals surface area contributed by atoms with E-state index in [-0.39, 0.29) is 0 Å². The molecule has 6 rings (SSSR count). The van der Waals surface area contributed by atoms with Crippen molar-refractivity contribution in [2.45, 2.75) is 0 Å². The number of nitrogens with two attached hydrogens (primary N) is 1. The fourth-order valence-corrected chi connectivity index (χ4v) is 5.98. The zero-order valence-electron chi connectivity index (χ0n) is 20.6. The van der Waals surface area contributed by atoms with Crippen molar-refractivity contribution >= 4 is 48.5 Å². The van der Waals surface area contributed by atoms with Crippen LogP contribution in [0.15, 0.2) is 132 Å². The summed E-state index contributed by atoms with van der Waals surface area (Å²) < 4.78 is 2.57. The quantitative estimate of drug-likeness (QED) is 0.189. The number of hydrogen-bond donors (Lipinski definition) is 1. The normalized spacial score (nSPS) is 12.4. The van der Waals surface area contributed by atoms with E-state index in [1.807, 2.05) is 42.6 Å². The Labute approximate surface area is 221 Å². The minimum absolute atomic E-state index is 0.740. The SMILES string of the molecule is CN=C(/C=C(/c1cccc(N)c1)c1cccc(-c2ccccc2)c1)c1ccc2c(c1)sc1ccccc12. The Kier molecular flexibility index (Phi) is 6.13. The monoisotopic (exact) mass is 494 g/mol. The zero-order valence-corrected chi connectivity index (χ0v) is 21.4. The van der Waals surface area contributed by atoms with E-state index in [0.717, 1.165) is 33.7 Å². The summed E-state index contributed by atoms with van der Waals surface area (Å²) in [4.78, 5) is 4.73. The smallest absolute Gasteiger partial charge is 0.0650 e. The Morgan fingerprint density at radius 1 is 0.622 bits per heavy atom. The number of anilines is 1. The van der Waals surface area contributed by atoms with E-state index in [2.05, 4.69) is 103 Å². The fraction of sp³-hybridized carbons (Fsp3) is 0.0294. The summed E-state index contributed by atoms with van der Waals surface area (Å²) >= 11 is 1.82. The zero-order chi connectivity index (χ0) is 25.2. The van der Waals surface area contributed by atoms with Crippen LogP contribution in [-0.4, -0.2) is 12.8 Å². The third-order valence-electron chi connectivity index (χ3n) is 6.67. The topological polar surface area (TPSA) is 38.4 Å². The highest BCUT2D eigenvalue weighted by molar-refractivity contribution is 7.25. The van der Waals surface area contributed by atoms with Crippen molar-refractivity contribution in [3.05, 3.63) is 144 Å². The summed E-state index contributed by atoms with van der Waals surface area (Å²) in [5.41, 5.74) is 14.6. The number of nitrogens with zero attached hydrogens (tertiary/aromatic N) is 1. The molecule has 2 N–H and O–H groups in total. The minimum Gasteiger partial charge on any atom is -0.399 e. The van der Waals surface area contributed by atoms with E-state index in [1.165, 1.54) is 31.3 Å². The highest BCUT2D eigenvalue weighted by atomic mass is 32.1. The molecule has 6 aromatic rings.